The predicted octanol–water partition coefficient (Wildman–Crippen LogP) is 4.67. The van der Waals surface area contributed by atoms with E-state index in [1.54, 1.807) is 36.4 Å². The molecule has 168 valence electrons. The molecule has 0 unspecified atom stereocenters. The first-order chi connectivity index (χ1) is 15.4. The van der Waals surface area contributed by atoms with E-state index in [0.29, 0.717) is 23.8 Å². The fourth-order valence-corrected chi connectivity index (χ4v) is 5.01. The van der Waals surface area contributed by atoms with Crippen molar-refractivity contribution in [2.45, 2.75) is 11.4 Å². The molecule has 3 aromatic carbocycles. The van der Waals surface area contributed by atoms with Gasteiger partial charge in [-0.2, -0.15) is 0 Å². The fraction of sp³-hybridized carbons (Fsp3) is 0.200. The minimum absolute atomic E-state index is 0.0194. The molecule has 5 nitrogen and oxygen atoms in total. The van der Waals surface area contributed by atoms with Gasteiger partial charge in [0.2, 0.25) is 0 Å². The number of hydrogen-bond donors (Lipinski definition) is 1. The van der Waals surface area contributed by atoms with E-state index in [4.69, 9.17) is 11.6 Å². The molecule has 3 aromatic rings. The predicted molar refractivity (Wildman–Crippen MR) is 131 cm³/mol. The first-order valence-corrected chi connectivity index (χ1v) is 12.1. The van der Waals surface area contributed by atoms with E-state index in [2.05, 4.69) is 11.0 Å². The van der Waals surface area contributed by atoms with Crippen molar-refractivity contribution in [1.82, 2.24) is 4.90 Å². The second-order valence-corrected chi connectivity index (χ2v) is 9.69. The molecule has 0 amide bonds. The van der Waals surface area contributed by atoms with Crippen LogP contribution in [-0.4, -0.2) is 45.2 Å². The summed E-state index contributed by atoms with van der Waals surface area (Å²) in [5, 5.41) is 10.3. The van der Waals surface area contributed by atoms with Gasteiger partial charge in [-0.15, -0.1) is 0 Å². The highest BCUT2D eigenvalue weighted by atomic mass is 35.5. The van der Waals surface area contributed by atoms with Gasteiger partial charge in [0.25, 0.3) is 10.0 Å². The molecule has 0 atom stereocenters. The van der Waals surface area contributed by atoms with Gasteiger partial charge in [-0.3, -0.25) is 9.21 Å². The van der Waals surface area contributed by atoms with Crippen molar-refractivity contribution >= 4 is 33.4 Å². The molecule has 32 heavy (non-hydrogen) atoms. The Bertz CT molecular complexity index is 1130. The average Bonchev–Trinajstić information content (AvgIpc) is 2.80. The van der Waals surface area contributed by atoms with Gasteiger partial charge in [0.15, 0.2) is 0 Å². The molecular weight excluding hydrogens is 444 g/mol. The summed E-state index contributed by atoms with van der Waals surface area (Å²) in [7, 11) is -1.82. The van der Waals surface area contributed by atoms with Crippen molar-refractivity contribution in [2.75, 3.05) is 31.0 Å². The van der Waals surface area contributed by atoms with Crippen LogP contribution in [0.15, 0.2) is 89.8 Å². The molecule has 0 bridgehead atoms. The molecule has 0 aliphatic rings. The molecule has 0 heterocycles. The minimum atomic E-state index is -3.80. The number of nitrogens with zero attached hydrogens (tertiary/aromatic N) is 2. The number of benzene rings is 3. The van der Waals surface area contributed by atoms with Gasteiger partial charge in [0, 0.05) is 18.1 Å². The Hall–Kier alpha value is -2.64. The van der Waals surface area contributed by atoms with E-state index in [9.17, 15) is 13.5 Å². The third-order valence-electron chi connectivity index (χ3n) is 4.93. The molecule has 0 radical (unpaired) electrons. The normalized spacial score (nSPS) is 11.9. The van der Waals surface area contributed by atoms with Crippen molar-refractivity contribution < 1.29 is 13.5 Å². The molecule has 0 saturated carbocycles. The molecule has 0 fully saturated rings. The van der Waals surface area contributed by atoms with Crippen LogP contribution in [0, 0.1) is 0 Å². The van der Waals surface area contributed by atoms with E-state index in [0.717, 1.165) is 11.1 Å². The summed E-state index contributed by atoms with van der Waals surface area (Å²) >= 11 is 5.93. The van der Waals surface area contributed by atoms with Crippen LogP contribution in [-0.2, 0) is 16.6 Å². The molecule has 1 N–H and O–H groups in total. The highest BCUT2D eigenvalue weighted by Gasteiger charge is 2.26. The van der Waals surface area contributed by atoms with Gasteiger partial charge in [-0.25, -0.2) is 8.42 Å². The zero-order chi connectivity index (χ0) is 23.0. The molecule has 0 aromatic heterocycles. The van der Waals surface area contributed by atoms with Gasteiger partial charge >= 0.3 is 0 Å². The van der Waals surface area contributed by atoms with Crippen LogP contribution in [0.5, 0.6) is 0 Å². The Morgan fingerprint density at radius 2 is 1.59 bits per heavy atom. The lowest BCUT2D eigenvalue weighted by Gasteiger charge is -2.27. The second-order valence-electron chi connectivity index (χ2n) is 7.39. The maximum absolute atomic E-state index is 13.3. The number of rotatable bonds is 10. The van der Waals surface area contributed by atoms with Crippen LogP contribution >= 0.6 is 11.6 Å². The Kier molecular flexibility index (Phi) is 8.47. The molecule has 0 saturated heterocycles. The summed E-state index contributed by atoms with van der Waals surface area (Å²) < 4.78 is 27.9. The van der Waals surface area contributed by atoms with Crippen molar-refractivity contribution in [3.63, 3.8) is 0 Å². The van der Waals surface area contributed by atoms with E-state index in [1.165, 1.54) is 4.31 Å². The number of para-hydroxylation sites is 1. The molecule has 0 aliphatic carbocycles. The number of aliphatic hydroxyl groups excluding tert-OH is 1. The number of halogens is 1. The van der Waals surface area contributed by atoms with Crippen LogP contribution in [0.2, 0.25) is 5.02 Å². The zero-order valence-electron chi connectivity index (χ0n) is 17.9. The number of anilines is 1. The van der Waals surface area contributed by atoms with Crippen molar-refractivity contribution in [3.8, 4) is 0 Å². The maximum Gasteiger partial charge on any atom is 0.264 e. The Morgan fingerprint density at radius 1 is 0.938 bits per heavy atom. The third kappa shape index (κ3) is 6.20. The Balaban J connectivity index is 1.79. The highest BCUT2D eigenvalue weighted by Crippen LogP contribution is 2.27. The van der Waals surface area contributed by atoms with Crippen LogP contribution in [0.3, 0.4) is 0 Å². The van der Waals surface area contributed by atoms with E-state index in [1.807, 2.05) is 55.6 Å². The van der Waals surface area contributed by atoms with Crippen molar-refractivity contribution in [1.29, 1.82) is 0 Å². The van der Waals surface area contributed by atoms with Gasteiger partial charge in [-0.1, -0.05) is 72.3 Å². The SMILES string of the molecule is CN(C/C=C/c1ccc(Cl)cc1)Cc1ccccc1N(CCO)S(=O)(=O)c1ccccc1. The summed E-state index contributed by atoms with van der Waals surface area (Å²) in [5.74, 6) is 0. The summed E-state index contributed by atoms with van der Waals surface area (Å²) in [6.07, 6.45) is 4.08. The average molecular weight is 471 g/mol. The third-order valence-corrected chi connectivity index (χ3v) is 7.01. The lowest BCUT2D eigenvalue weighted by Crippen LogP contribution is -2.35. The topological polar surface area (TPSA) is 60.9 Å². The summed E-state index contributed by atoms with van der Waals surface area (Å²) in [5.41, 5.74) is 2.49. The van der Waals surface area contributed by atoms with Gasteiger partial charge in [0.1, 0.15) is 0 Å². The second kappa shape index (κ2) is 11.3. The van der Waals surface area contributed by atoms with Crippen molar-refractivity contribution in [2.24, 2.45) is 0 Å². The van der Waals surface area contributed by atoms with Crippen LogP contribution in [0.4, 0.5) is 5.69 Å². The van der Waals surface area contributed by atoms with E-state index < -0.39 is 10.0 Å². The van der Waals surface area contributed by atoms with Crippen LogP contribution < -0.4 is 4.31 Å². The standard InChI is InChI=1S/C25H27ClN2O3S/c1-27(17-7-8-21-13-15-23(26)16-14-21)20-22-9-5-6-12-25(22)28(18-19-29)32(30,31)24-10-3-2-4-11-24/h2-16,29H,17-20H2,1H3/b8-7+. The Labute approximate surface area is 195 Å². The quantitative estimate of drug-likeness (QED) is 0.467. The zero-order valence-corrected chi connectivity index (χ0v) is 19.5. The lowest BCUT2D eigenvalue weighted by atomic mass is 10.1. The molecule has 7 heteroatoms. The first kappa shape index (κ1) is 24.0. The summed E-state index contributed by atoms with van der Waals surface area (Å²) in [6, 6.07) is 23.3. The van der Waals surface area contributed by atoms with E-state index in [-0.39, 0.29) is 18.0 Å². The number of likely N-dealkylation sites (N-methyl/N-ethyl adjacent to an activating group) is 1. The maximum atomic E-state index is 13.3. The number of aliphatic hydroxyl groups is 1. The smallest absolute Gasteiger partial charge is 0.264 e. The van der Waals surface area contributed by atoms with Gasteiger partial charge in [-0.05, 0) is 48.5 Å². The first-order valence-electron chi connectivity index (χ1n) is 10.3. The molecule has 0 aliphatic heterocycles. The number of sulfonamides is 1. The molecule has 0 spiro atoms. The lowest BCUT2D eigenvalue weighted by molar-refractivity contribution is 0.306. The van der Waals surface area contributed by atoms with Crippen LogP contribution in [0.25, 0.3) is 6.08 Å². The van der Waals surface area contributed by atoms with Gasteiger partial charge < -0.3 is 5.11 Å². The molecule has 3 rings (SSSR count). The number of hydrogen-bond acceptors (Lipinski definition) is 4. The minimum Gasteiger partial charge on any atom is -0.394 e. The summed E-state index contributed by atoms with van der Waals surface area (Å²) in [4.78, 5) is 2.29. The Morgan fingerprint density at radius 3 is 2.28 bits per heavy atom. The van der Waals surface area contributed by atoms with E-state index >= 15 is 0 Å². The van der Waals surface area contributed by atoms with Crippen molar-refractivity contribution in [3.05, 3.63) is 101 Å². The fourth-order valence-electron chi connectivity index (χ4n) is 3.37. The largest absolute Gasteiger partial charge is 0.394 e. The van der Waals surface area contributed by atoms with Crippen LogP contribution in [0.1, 0.15) is 11.1 Å². The van der Waals surface area contributed by atoms with Gasteiger partial charge in [0.05, 0.1) is 23.7 Å². The molecular formula is C25H27ClN2O3S. The summed E-state index contributed by atoms with van der Waals surface area (Å²) in [6.45, 7) is 0.935. The highest BCUT2D eigenvalue weighted by molar-refractivity contribution is 7.92. The monoisotopic (exact) mass is 470 g/mol.